The number of rotatable bonds is 5. The molecule has 1 aromatic carbocycles. The monoisotopic (exact) mass is 329 g/mol. The highest BCUT2D eigenvalue weighted by Gasteiger charge is 2.30. The van der Waals surface area contributed by atoms with Crippen molar-refractivity contribution in [1.82, 2.24) is 10.2 Å². The molecule has 0 atom stereocenters. The lowest BCUT2D eigenvalue weighted by Crippen LogP contribution is -2.12. The summed E-state index contributed by atoms with van der Waals surface area (Å²) in [7, 11) is 1.26. The summed E-state index contributed by atoms with van der Waals surface area (Å²) in [5.74, 6) is -0.651. The average Bonchev–Trinajstić information content (AvgIpc) is 2.88. The minimum atomic E-state index is -4.45. The van der Waals surface area contributed by atoms with E-state index in [-0.39, 0.29) is 30.1 Å². The van der Waals surface area contributed by atoms with Crippen LogP contribution in [0.4, 0.5) is 19.0 Å². The first-order valence-electron chi connectivity index (χ1n) is 6.73. The lowest BCUT2D eigenvalue weighted by Gasteiger charge is -2.06. The molecule has 0 aliphatic heterocycles. The van der Waals surface area contributed by atoms with E-state index in [4.69, 9.17) is 0 Å². The molecule has 1 heterocycles. The van der Waals surface area contributed by atoms with E-state index in [9.17, 15) is 22.8 Å². The molecule has 0 saturated carbocycles. The molecule has 1 amide bonds. The Hall–Kier alpha value is -2.58. The number of benzene rings is 1. The Morgan fingerprint density at radius 2 is 2.04 bits per heavy atom. The van der Waals surface area contributed by atoms with E-state index >= 15 is 0 Å². The predicted octanol–water partition coefficient (Wildman–Crippen LogP) is 2.86. The molecule has 2 N–H and O–H groups in total. The Bertz CT molecular complexity index is 725. The van der Waals surface area contributed by atoms with Crippen molar-refractivity contribution in [2.24, 2.45) is 0 Å². The second-order valence-corrected chi connectivity index (χ2v) is 4.81. The van der Waals surface area contributed by atoms with E-state index in [2.05, 4.69) is 20.3 Å². The Morgan fingerprint density at radius 1 is 1.30 bits per heavy atom. The van der Waals surface area contributed by atoms with E-state index < -0.39 is 17.7 Å². The number of fused-ring (bicyclic) bond motifs is 1. The number of aromatic amines is 1. The number of H-pyrrole nitrogens is 1. The second-order valence-electron chi connectivity index (χ2n) is 4.81. The molecule has 6 nitrogen and oxygen atoms in total. The van der Waals surface area contributed by atoms with Gasteiger partial charge in [0, 0.05) is 18.2 Å². The summed E-state index contributed by atoms with van der Waals surface area (Å²) < 4.78 is 42.3. The predicted molar refractivity (Wildman–Crippen MR) is 75.6 cm³/mol. The van der Waals surface area contributed by atoms with Gasteiger partial charge in [-0.25, -0.2) is 0 Å². The van der Waals surface area contributed by atoms with E-state index in [1.165, 1.54) is 13.2 Å². The molecule has 0 aliphatic carbocycles. The number of methoxy groups -OCH3 is 1. The molecule has 0 spiro atoms. The molecule has 2 rings (SSSR count). The zero-order valence-corrected chi connectivity index (χ0v) is 12.2. The van der Waals surface area contributed by atoms with Gasteiger partial charge in [-0.3, -0.25) is 14.7 Å². The lowest BCUT2D eigenvalue weighted by molar-refractivity contribution is -0.141. The summed E-state index contributed by atoms with van der Waals surface area (Å²) in [6.45, 7) is 0. The van der Waals surface area contributed by atoms with Crippen LogP contribution in [0.15, 0.2) is 18.2 Å². The van der Waals surface area contributed by atoms with Crippen LogP contribution in [-0.2, 0) is 20.5 Å². The van der Waals surface area contributed by atoms with E-state index in [0.717, 1.165) is 12.1 Å². The first-order chi connectivity index (χ1) is 10.8. The second kappa shape index (κ2) is 6.67. The van der Waals surface area contributed by atoms with Crippen LogP contribution in [-0.4, -0.2) is 29.2 Å². The summed E-state index contributed by atoms with van der Waals surface area (Å²) in [5.41, 5.74) is -0.630. The normalized spacial score (nSPS) is 11.5. The number of alkyl halides is 3. The summed E-state index contributed by atoms with van der Waals surface area (Å²) in [4.78, 5) is 22.7. The first kappa shape index (κ1) is 16.8. The maximum Gasteiger partial charge on any atom is 0.416 e. The highest BCUT2D eigenvalue weighted by Crippen LogP contribution is 2.32. The van der Waals surface area contributed by atoms with E-state index in [1.54, 1.807) is 0 Å². The van der Waals surface area contributed by atoms with Gasteiger partial charge in [0.1, 0.15) is 0 Å². The molecule has 0 radical (unpaired) electrons. The van der Waals surface area contributed by atoms with Gasteiger partial charge >= 0.3 is 12.1 Å². The Morgan fingerprint density at radius 3 is 2.70 bits per heavy atom. The van der Waals surface area contributed by atoms with Gasteiger partial charge in [-0.15, -0.1) is 0 Å². The number of halogens is 3. The molecule has 9 heteroatoms. The molecule has 1 aromatic heterocycles. The number of anilines is 1. The van der Waals surface area contributed by atoms with Crippen molar-refractivity contribution in [3.05, 3.63) is 23.8 Å². The maximum atomic E-state index is 12.6. The van der Waals surface area contributed by atoms with Gasteiger partial charge in [0.05, 0.1) is 18.2 Å². The van der Waals surface area contributed by atoms with Crippen molar-refractivity contribution in [1.29, 1.82) is 0 Å². The third kappa shape index (κ3) is 4.21. The number of esters is 1. The minimum absolute atomic E-state index is 0.0735. The first-order valence-corrected chi connectivity index (χ1v) is 6.73. The molecule has 0 aliphatic rings. The summed E-state index contributed by atoms with van der Waals surface area (Å²) in [5, 5.41) is 9.13. The number of carbonyl (C=O) groups is 2. The average molecular weight is 329 g/mol. The zero-order valence-electron chi connectivity index (χ0n) is 12.2. The summed E-state index contributed by atoms with van der Waals surface area (Å²) >= 11 is 0. The molecule has 0 bridgehead atoms. The molecular formula is C14H14F3N3O3. The number of hydrogen-bond acceptors (Lipinski definition) is 4. The zero-order chi connectivity index (χ0) is 17.0. The van der Waals surface area contributed by atoms with Gasteiger partial charge in [0.15, 0.2) is 5.82 Å². The van der Waals surface area contributed by atoms with Crippen molar-refractivity contribution in [3.63, 3.8) is 0 Å². The fourth-order valence-corrected chi connectivity index (χ4v) is 1.98. The molecule has 124 valence electrons. The topological polar surface area (TPSA) is 84.1 Å². The number of nitrogens with zero attached hydrogens (tertiary/aromatic N) is 1. The number of amides is 1. The minimum Gasteiger partial charge on any atom is -0.469 e. The maximum absolute atomic E-state index is 12.6. The van der Waals surface area contributed by atoms with Crippen LogP contribution in [0.3, 0.4) is 0 Å². The molecule has 2 aromatic rings. The Labute approximate surface area is 129 Å². The van der Waals surface area contributed by atoms with Crippen LogP contribution in [0.25, 0.3) is 10.9 Å². The molecular weight excluding hydrogens is 315 g/mol. The third-order valence-electron chi connectivity index (χ3n) is 3.16. The van der Waals surface area contributed by atoms with Gasteiger partial charge in [-0.2, -0.15) is 18.3 Å². The summed E-state index contributed by atoms with van der Waals surface area (Å²) in [6.07, 6.45) is -3.96. The van der Waals surface area contributed by atoms with Crippen LogP contribution in [0.2, 0.25) is 0 Å². The Balaban J connectivity index is 2.03. The SMILES string of the molecule is COC(=O)CCCC(=O)Nc1n[nH]c2cc(C(F)(F)F)ccc12. The lowest BCUT2D eigenvalue weighted by atomic mass is 10.1. The van der Waals surface area contributed by atoms with Crippen LogP contribution in [0.1, 0.15) is 24.8 Å². The van der Waals surface area contributed by atoms with Gasteiger partial charge in [0.2, 0.25) is 5.91 Å². The van der Waals surface area contributed by atoms with Crippen LogP contribution in [0.5, 0.6) is 0 Å². The van der Waals surface area contributed by atoms with Crippen molar-refractivity contribution < 1.29 is 27.5 Å². The van der Waals surface area contributed by atoms with Crippen molar-refractivity contribution in [2.75, 3.05) is 12.4 Å². The van der Waals surface area contributed by atoms with Gasteiger partial charge < -0.3 is 10.1 Å². The molecule has 0 saturated heterocycles. The number of ether oxygens (including phenoxy) is 1. The van der Waals surface area contributed by atoms with Crippen molar-refractivity contribution in [3.8, 4) is 0 Å². The summed E-state index contributed by atoms with van der Waals surface area (Å²) in [6, 6.07) is 3.09. The highest BCUT2D eigenvalue weighted by molar-refractivity contribution is 5.99. The fraction of sp³-hybridized carbons (Fsp3) is 0.357. The number of nitrogens with one attached hydrogen (secondary N) is 2. The van der Waals surface area contributed by atoms with Crippen LogP contribution in [0, 0.1) is 0 Å². The van der Waals surface area contributed by atoms with Crippen LogP contribution < -0.4 is 5.32 Å². The van der Waals surface area contributed by atoms with Crippen LogP contribution >= 0.6 is 0 Å². The van der Waals surface area contributed by atoms with Gasteiger partial charge in [-0.05, 0) is 24.6 Å². The largest absolute Gasteiger partial charge is 0.469 e. The highest BCUT2D eigenvalue weighted by atomic mass is 19.4. The molecule has 0 fully saturated rings. The quantitative estimate of drug-likeness (QED) is 0.826. The molecule has 0 unspecified atom stereocenters. The van der Waals surface area contributed by atoms with Crippen molar-refractivity contribution in [2.45, 2.75) is 25.4 Å². The van der Waals surface area contributed by atoms with Crippen molar-refractivity contribution >= 4 is 28.6 Å². The van der Waals surface area contributed by atoms with Gasteiger partial charge in [-0.1, -0.05) is 0 Å². The smallest absolute Gasteiger partial charge is 0.416 e. The Kier molecular flexibility index (Phi) is 4.87. The number of aromatic nitrogens is 2. The standard InChI is InChI=1S/C14H14F3N3O3/c1-23-12(22)4-2-3-11(21)18-13-9-6-5-8(14(15,16)17)7-10(9)19-20-13/h5-7H,2-4H2,1H3,(H2,18,19,20,21). The molecule has 23 heavy (non-hydrogen) atoms. The number of hydrogen-bond donors (Lipinski definition) is 2. The van der Waals surface area contributed by atoms with Gasteiger partial charge in [0.25, 0.3) is 0 Å². The van der Waals surface area contributed by atoms with E-state index in [1.807, 2.05) is 0 Å². The number of carbonyl (C=O) groups excluding carboxylic acids is 2. The van der Waals surface area contributed by atoms with E-state index in [0.29, 0.717) is 11.8 Å². The third-order valence-corrected chi connectivity index (χ3v) is 3.16. The fourth-order valence-electron chi connectivity index (χ4n) is 1.98.